The number of nitrogens with one attached hydrogen (secondary N) is 2. The first-order valence-corrected chi connectivity index (χ1v) is 12.8. The summed E-state index contributed by atoms with van der Waals surface area (Å²) in [6.45, 7) is 3.70. The maximum Gasteiger partial charge on any atom is 0.252 e. The summed E-state index contributed by atoms with van der Waals surface area (Å²) in [7, 11) is 1.58. The Morgan fingerprint density at radius 2 is 1.79 bits per heavy atom. The Morgan fingerprint density at radius 3 is 2.46 bits per heavy atom. The summed E-state index contributed by atoms with van der Waals surface area (Å²) in [5.41, 5.74) is 4.06. The Bertz CT molecular complexity index is 1590. The molecule has 198 valence electrons. The molecule has 3 aromatic carbocycles. The van der Waals surface area contributed by atoms with E-state index >= 15 is 0 Å². The van der Waals surface area contributed by atoms with Gasteiger partial charge in [0, 0.05) is 25.1 Å². The van der Waals surface area contributed by atoms with Gasteiger partial charge in [-0.25, -0.2) is 4.39 Å². The lowest BCUT2D eigenvalue weighted by molar-refractivity contribution is -0.123. The molecule has 4 aromatic rings. The molecule has 0 spiro atoms. The van der Waals surface area contributed by atoms with Crippen molar-refractivity contribution < 1.29 is 23.2 Å². The van der Waals surface area contributed by atoms with Gasteiger partial charge in [0.1, 0.15) is 29.1 Å². The van der Waals surface area contributed by atoms with Gasteiger partial charge in [-0.05, 0) is 78.4 Å². The van der Waals surface area contributed by atoms with Crippen molar-refractivity contribution in [1.82, 2.24) is 20.8 Å². The van der Waals surface area contributed by atoms with Crippen LogP contribution in [-0.4, -0.2) is 29.0 Å². The molecule has 6 rings (SSSR count). The highest BCUT2D eigenvalue weighted by Crippen LogP contribution is 2.48. The number of aromatic nitrogens is 2. The molecule has 1 aromatic heterocycles. The summed E-state index contributed by atoms with van der Waals surface area (Å²) in [6, 6.07) is 17.2. The second-order valence-electron chi connectivity index (χ2n) is 10.1. The highest BCUT2D eigenvalue weighted by molar-refractivity contribution is 5.96. The van der Waals surface area contributed by atoms with E-state index in [0.29, 0.717) is 28.6 Å². The number of hydrogen-bond donors (Lipinski definition) is 2. The van der Waals surface area contributed by atoms with Gasteiger partial charge in [0.2, 0.25) is 11.8 Å². The molecule has 0 bridgehead atoms. The Balaban J connectivity index is 1.32. The van der Waals surface area contributed by atoms with Crippen molar-refractivity contribution >= 4 is 11.8 Å². The Kier molecular flexibility index (Phi) is 5.94. The minimum atomic E-state index is -0.615. The van der Waals surface area contributed by atoms with E-state index in [0.717, 1.165) is 35.1 Å². The van der Waals surface area contributed by atoms with Crippen LogP contribution in [0.4, 0.5) is 4.39 Å². The molecule has 39 heavy (non-hydrogen) atoms. The van der Waals surface area contributed by atoms with Crippen molar-refractivity contribution in [2.45, 2.75) is 44.2 Å². The van der Waals surface area contributed by atoms with Gasteiger partial charge in [-0.2, -0.15) is 4.98 Å². The van der Waals surface area contributed by atoms with Crippen LogP contribution in [0.3, 0.4) is 0 Å². The Hall–Kier alpha value is -4.53. The molecule has 1 aliphatic heterocycles. The fourth-order valence-electron chi connectivity index (χ4n) is 5.17. The van der Waals surface area contributed by atoms with Gasteiger partial charge in [0.05, 0.1) is 0 Å². The summed E-state index contributed by atoms with van der Waals surface area (Å²) in [5, 5.41) is 9.83. The average molecular weight is 527 g/mol. The number of carbonyl (C=O) groups excluding carboxylic acids is 2. The highest BCUT2D eigenvalue weighted by atomic mass is 19.1. The number of rotatable bonds is 6. The first-order chi connectivity index (χ1) is 18.8. The topological polar surface area (TPSA) is 106 Å². The number of likely N-dealkylation sites (N-methyl/N-ethyl adjacent to an activating group) is 1. The van der Waals surface area contributed by atoms with Crippen molar-refractivity contribution in [3.05, 3.63) is 100 Å². The largest absolute Gasteiger partial charge is 0.484 e. The van der Waals surface area contributed by atoms with E-state index in [4.69, 9.17) is 9.26 Å². The van der Waals surface area contributed by atoms with Gasteiger partial charge in [0.15, 0.2) is 5.82 Å². The highest BCUT2D eigenvalue weighted by Gasteiger charge is 2.50. The SMILES string of the molecule is CNC(=O)C1c2cc(-c3cc(C(=O)NC4(c5noc(C)n5)CC4)ccc3C)ccc2OC1c1ccc(F)cc1. The minimum Gasteiger partial charge on any atom is -0.484 e. The number of amides is 2. The molecular formula is C30H27FN4O4. The van der Waals surface area contributed by atoms with E-state index in [-0.39, 0.29) is 17.6 Å². The zero-order chi connectivity index (χ0) is 27.3. The normalized spacial score (nSPS) is 18.7. The number of hydrogen-bond acceptors (Lipinski definition) is 6. The van der Waals surface area contributed by atoms with Crippen LogP contribution in [0.15, 0.2) is 65.2 Å². The fourth-order valence-corrected chi connectivity index (χ4v) is 5.17. The third kappa shape index (κ3) is 4.43. The van der Waals surface area contributed by atoms with Gasteiger partial charge >= 0.3 is 0 Å². The third-order valence-electron chi connectivity index (χ3n) is 7.50. The number of fused-ring (bicyclic) bond motifs is 1. The predicted octanol–water partition coefficient (Wildman–Crippen LogP) is 4.87. The van der Waals surface area contributed by atoms with E-state index in [9.17, 15) is 14.0 Å². The molecule has 2 atom stereocenters. The molecule has 2 amide bonds. The van der Waals surface area contributed by atoms with E-state index < -0.39 is 17.6 Å². The van der Waals surface area contributed by atoms with Gasteiger partial charge in [0.25, 0.3) is 5.91 Å². The van der Waals surface area contributed by atoms with Crippen LogP contribution in [0.2, 0.25) is 0 Å². The molecule has 1 fully saturated rings. The van der Waals surface area contributed by atoms with Crippen LogP contribution in [-0.2, 0) is 10.3 Å². The van der Waals surface area contributed by atoms with Gasteiger partial charge in [-0.15, -0.1) is 0 Å². The smallest absolute Gasteiger partial charge is 0.252 e. The zero-order valence-electron chi connectivity index (χ0n) is 21.7. The number of aryl methyl sites for hydroxylation is 2. The van der Waals surface area contributed by atoms with E-state index in [1.54, 1.807) is 32.2 Å². The molecule has 1 aliphatic carbocycles. The summed E-state index contributed by atoms with van der Waals surface area (Å²) >= 11 is 0. The van der Waals surface area contributed by atoms with Crippen LogP contribution in [0, 0.1) is 19.7 Å². The van der Waals surface area contributed by atoms with Crippen molar-refractivity contribution in [3.8, 4) is 16.9 Å². The van der Waals surface area contributed by atoms with E-state index in [1.165, 1.54) is 12.1 Å². The van der Waals surface area contributed by atoms with Crippen LogP contribution in [0.5, 0.6) is 5.75 Å². The predicted molar refractivity (Wildman–Crippen MR) is 141 cm³/mol. The quantitative estimate of drug-likeness (QED) is 0.371. The van der Waals surface area contributed by atoms with Crippen LogP contribution >= 0.6 is 0 Å². The van der Waals surface area contributed by atoms with Crippen molar-refractivity contribution in [2.75, 3.05) is 7.05 Å². The maximum atomic E-state index is 13.5. The van der Waals surface area contributed by atoms with E-state index in [2.05, 4.69) is 20.8 Å². The maximum absolute atomic E-state index is 13.5. The number of carbonyl (C=O) groups is 2. The lowest BCUT2D eigenvalue weighted by Gasteiger charge is -2.18. The van der Waals surface area contributed by atoms with Gasteiger partial charge in [-0.1, -0.05) is 29.4 Å². The lowest BCUT2D eigenvalue weighted by Crippen LogP contribution is -2.35. The molecule has 8 nitrogen and oxygen atoms in total. The number of ether oxygens (including phenoxy) is 1. The first-order valence-electron chi connectivity index (χ1n) is 12.8. The van der Waals surface area contributed by atoms with E-state index in [1.807, 2.05) is 37.3 Å². The molecule has 0 radical (unpaired) electrons. The number of benzene rings is 3. The number of halogens is 1. The molecule has 9 heteroatoms. The standard InChI is InChI=1S/C30H27FN4O4/c1-16-4-5-20(27(36)34-30(12-13-30)29-33-17(2)39-35-29)15-22(16)19-8-11-24-23(14-19)25(28(37)32-3)26(38-24)18-6-9-21(31)10-7-18/h4-11,14-15,25-26H,12-13H2,1-3H3,(H,32,37)(H,34,36). The zero-order valence-corrected chi connectivity index (χ0v) is 21.7. The monoisotopic (exact) mass is 526 g/mol. The molecule has 0 saturated heterocycles. The minimum absolute atomic E-state index is 0.198. The Labute approximate surface area is 224 Å². The summed E-state index contributed by atoms with van der Waals surface area (Å²) in [5.74, 6) is 0.162. The van der Waals surface area contributed by atoms with Crippen molar-refractivity contribution in [1.29, 1.82) is 0 Å². The van der Waals surface area contributed by atoms with Gasteiger partial charge < -0.3 is 19.9 Å². The summed E-state index contributed by atoms with van der Waals surface area (Å²) < 4.78 is 24.9. The van der Waals surface area contributed by atoms with Crippen LogP contribution in [0.25, 0.3) is 11.1 Å². The molecule has 2 aliphatic rings. The number of nitrogens with zero attached hydrogens (tertiary/aromatic N) is 2. The second kappa shape index (κ2) is 9.34. The van der Waals surface area contributed by atoms with Crippen LogP contribution in [0.1, 0.15) is 63.6 Å². The Morgan fingerprint density at radius 1 is 1.03 bits per heavy atom. The lowest BCUT2D eigenvalue weighted by atomic mass is 9.88. The third-order valence-corrected chi connectivity index (χ3v) is 7.50. The summed E-state index contributed by atoms with van der Waals surface area (Å²) in [6.07, 6.45) is 0.909. The first kappa shape index (κ1) is 24.8. The van der Waals surface area contributed by atoms with Crippen LogP contribution < -0.4 is 15.4 Å². The van der Waals surface area contributed by atoms with Crippen molar-refractivity contribution in [3.63, 3.8) is 0 Å². The van der Waals surface area contributed by atoms with Crippen molar-refractivity contribution in [2.24, 2.45) is 0 Å². The molecule has 2 unspecified atom stereocenters. The molecule has 1 saturated carbocycles. The van der Waals surface area contributed by atoms with Gasteiger partial charge in [-0.3, -0.25) is 9.59 Å². The summed E-state index contributed by atoms with van der Waals surface area (Å²) in [4.78, 5) is 30.6. The average Bonchev–Trinajstić information content (AvgIpc) is 3.40. The molecule has 2 N–H and O–H groups in total. The second-order valence-corrected chi connectivity index (χ2v) is 10.1. The molecule has 2 heterocycles. The fraction of sp³-hybridized carbons (Fsp3) is 0.267. The molecular weight excluding hydrogens is 499 g/mol.